The number of sulfonamides is 1. The number of benzene rings is 2. The van der Waals surface area contributed by atoms with Crippen LogP contribution in [0, 0.1) is 0 Å². The summed E-state index contributed by atoms with van der Waals surface area (Å²) < 4.78 is 34.9. The van der Waals surface area contributed by atoms with Gasteiger partial charge in [-0.1, -0.05) is 41.9 Å². The lowest BCUT2D eigenvalue weighted by atomic mass is 9.97. The Kier molecular flexibility index (Phi) is 5.55. The van der Waals surface area contributed by atoms with Gasteiger partial charge in [0.15, 0.2) is 0 Å². The molecule has 0 atom stereocenters. The molecule has 142 valence electrons. The lowest BCUT2D eigenvalue weighted by molar-refractivity contribution is 0.385. The van der Waals surface area contributed by atoms with Crippen molar-refractivity contribution < 1.29 is 17.7 Å². The minimum atomic E-state index is -3.92. The fourth-order valence-electron chi connectivity index (χ4n) is 2.93. The van der Waals surface area contributed by atoms with E-state index in [0.29, 0.717) is 45.3 Å². The lowest BCUT2D eigenvalue weighted by Crippen LogP contribution is -2.13. The molecule has 2 N–H and O–H groups in total. The van der Waals surface area contributed by atoms with Gasteiger partial charge in [-0.3, -0.25) is 0 Å². The molecule has 0 saturated carbocycles. The fraction of sp³-hybridized carbons (Fsp3) is 0.211. The molecule has 2 aromatic carbocycles. The molecule has 0 unspecified atom stereocenters. The Hall–Kier alpha value is -2.35. The second-order valence-corrected chi connectivity index (χ2v) is 7.91. The van der Waals surface area contributed by atoms with Gasteiger partial charge in [0.25, 0.3) is 0 Å². The van der Waals surface area contributed by atoms with Gasteiger partial charge in [-0.15, -0.1) is 0 Å². The van der Waals surface area contributed by atoms with Gasteiger partial charge in [0.1, 0.15) is 17.2 Å². The van der Waals surface area contributed by atoms with E-state index in [-0.39, 0.29) is 4.90 Å². The van der Waals surface area contributed by atoms with Crippen LogP contribution in [0.3, 0.4) is 0 Å². The standard InChI is InChI=1S/C19H19ClN2O4S/c1-3-6-16-18(13-7-4-5-8-17(13)27(21,23)24)19(22-26-16)12-9-10-15(25-2)14(20)11-12/h4-5,7-11H,3,6H2,1-2H3,(H2,21,23,24). The summed E-state index contributed by atoms with van der Waals surface area (Å²) in [6, 6.07) is 11.8. The highest BCUT2D eigenvalue weighted by Gasteiger charge is 2.24. The summed E-state index contributed by atoms with van der Waals surface area (Å²) in [5.74, 6) is 1.12. The molecule has 1 aromatic heterocycles. The highest BCUT2D eigenvalue weighted by molar-refractivity contribution is 7.89. The summed E-state index contributed by atoms with van der Waals surface area (Å²) in [5, 5.41) is 10.0. The van der Waals surface area contributed by atoms with Crippen molar-refractivity contribution in [1.82, 2.24) is 5.16 Å². The number of rotatable bonds is 6. The highest BCUT2D eigenvalue weighted by atomic mass is 35.5. The molecular formula is C19H19ClN2O4S. The summed E-state index contributed by atoms with van der Waals surface area (Å²) in [4.78, 5) is 0.0198. The van der Waals surface area contributed by atoms with Crippen LogP contribution in [0.5, 0.6) is 5.75 Å². The Balaban J connectivity index is 2.28. The normalized spacial score (nSPS) is 11.6. The second kappa shape index (κ2) is 7.72. The van der Waals surface area contributed by atoms with Gasteiger partial charge in [-0.2, -0.15) is 0 Å². The van der Waals surface area contributed by atoms with Crippen LogP contribution >= 0.6 is 11.6 Å². The molecule has 0 saturated heterocycles. The van der Waals surface area contributed by atoms with Crippen molar-refractivity contribution in [3.05, 3.63) is 53.2 Å². The number of aromatic nitrogens is 1. The van der Waals surface area contributed by atoms with Crippen molar-refractivity contribution >= 4 is 21.6 Å². The maximum absolute atomic E-state index is 12.1. The highest BCUT2D eigenvalue weighted by Crippen LogP contribution is 2.40. The maximum Gasteiger partial charge on any atom is 0.238 e. The first kappa shape index (κ1) is 19.4. The SMILES string of the molecule is CCCc1onc(-c2ccc(OC)c(Cl)c2)c1-c1ccccc1S(N)(=O)=O. The third-order valence-corrected chi connectivity index (χ3v) is 5.39. The van der Waals surface area contributed by atoms with E-state index in [1.54, 1.807) is 36.4 Å². The molecule has 6 nitrogen and oxygen atoms in total. The number of nitrogens with zero attached hydrogens (tertiary/aromatic N) is 1. The van der Waals surface area contributed by atoms with Crippen LogP contribution in [-0.4, -0.2) is 20.7 Å². The predicted octanol–water partition coefficient (Wildman–Crippen LogP) is 4.27. The van der Waals surface area contributed by atoms with Crippen molar-refractivity contribution in [2.45, 2.75) is 24.7 Å². The van der Waals surface area contributed by atoms with E-state index in [1.807, 2.05) is 6.92 Å². The summed E-state index contributed by atoms with van der Waals surface area (Å²) in [6.45, 7) is 2.00. The zero-order chi connectivity index (χ0) is 19.6. The van der Waals surface area contributed by atoms with Gasteiger partial charge in [0.2, 0.25) is 10.0 Å². The predicted molar refractivity (Wildman–Crippen MR) is 104 cm³/mol. The monoisotopic (exact) mass is 406 g/mol. The Morgan fingerprint density at radius 1 is 1.22 bits per heavy atom. The number of hydrogen-bond acceptors (Lipinski definition) is 5. The van der Waals surface area contributed by atoms with E-state index in [2.05, 4.69) is 5.16 Å². The van der Waals surface area contributed by atoms with Crippen LogP contribution in [0.25, 0.3) is 22.4 Å². The van der Waals surface area contributed by atoms with E-state index < -0.39 is 10.0 Å². The number of primary sulfonamides is 1. The van der Waals surface area contributed by atoms with Crippen molar-refractivity contribution in [2.24, 2.45) is 5.14 Å². The van der Waals surface area contributed by atoms with Crippen LogP contribution in [-0.2, 0) is 16.4 Å². The maximum atomic E-state index is 12.1. The third kappa shape index (κ3) is 3.85. The molecule has 0 bridgehead atoms. The van der Waals surface area contributed by atoms with Gasteiger partial charge in [0.05, 0.1) is 22.6 Å². The largest absolute Gasteiger partial charge is 0.495 e. The average molecular weight is 407 g/mol. The molecule has 0 radical (unpaired) electrons. The molecule has 8 heteroatoms. The first-order valence-corrected chi connectivity index (χ1v) is 10.2. The van der Waals surface area contributed by atoms with Gasteiger partial charge >= 0.3 is 0 Å². The number of halogens is 1. The number of ether oxygens (including phenoxy) is 1. The number of aryl methyl sites for hydroxylation is 1. The number of methoxy groups -OCH3 is 1. The zero-order valence-electron chi connectivity index (χ0n) is 14.9. The molecule has 1 heterocycles. The fourth-order valence-corrected chi connectivity index (χ4v) is 3.93. The van der Waals surface area contributed by atoms with Crippen LogP contribution in [0.4, 0.5) is 0 Å². The summed E-state index contributed by atoms with van der Waals surface area (Å²) >= 11 is 6.25. The first-order chi connectivity index (χ1) is 12.9. The van der Waals surface area contributed by atoms with Gasteiger partial charge < -0.3 is 9.26 Å². The van der Waals surface area contributed by atoms with Crippen molar-refractivity contribution in [3.8, 4) is 28.1 Å². The van der Waals surface area contributed by atoms with E-state index in [1.165, 1.54) is 13.2 Å². The Morgan fingerprint density at radius 3 is 2.59 bits per heavy atom. The van der Waals surface area contributed by atoms with Crippen LogP contribution in [0.15, 0.2) is 51.9 Å². The Morgan fingerprint density at radius 2 is 1.96 bits per heavy atom. The van der Waals surface area contributed by atoms with Crippen LogP contribution < -0.4 is 9.88 Å². The first-order valence-electron chi connectivity index (χ1n) is 8.31. The van der Waals surface area contributed by atoms with E-state index in [9.17, 15) is 8.42 Å². The second-order valence-electron chi connectivity index (χ2n) is 5.97. The molecular weight excluding hydrogens is 388 g/mol. The minimum Gasteiger partial charge on any atom is -0.495 e. The number of hydrogen-bond donors (Lipinski definition) is 1. The summed E-state index contributed by atoms with van der Waals surface area (Å²) in [6.07, 6.45) is 1.41. The molecule has 0 amide bonds. The van der Waals surface area contributed by atoms with E-state index in [4.69, 9.17) is 26.0 Å². The van der Waals surface area contributed by atoms with E-state index in [0.717, 1.165) is 6.42 Å². The molecule has 3 aromatic rings. The topological polar surface area (TPSA) is 95.4 Å². The van der Waals surface area contributed by atoms with Crippen molar-refractivity contribution in [3.63, 3.8) is 0 Å². The Labute approximate surface area is 162 Å². The van der Waals surface area contributed by atoms with Gasteiger partial charge in [-0.05, 0) is 30.7 Å². The third-order valence-electron chi connectivity index (χ3n) is 4.13. The van der Waals surface area contributed by atoms with Crippen LogP contribution in [0.1, 0.15) is 19.1 Å². The zero-order valence-corrected chi connectivity index (χ0v) is 16.5. The lowest BCUT2D eigenvalue weighted by Gasteiger charge is -2.10. The molecule has 3 rings (SSSR count). The number of nitrogens with two attached hydrogens (primary N) is 1. The molecule has 27 heavy (non-hydrogen) atoms. The van der Waals surface area contributed by atoms with Gasteiger partial charge in [-0.25, -0.2) is 13.6 Å². The Bertz CT molecular complexity index is 1080. The summed E-state index contributed by atoms with van der Waals surface area (Å²) in [7, 11) is -2.39. The molecule has 0 fully saturated rings. The van der Waals surface area contributed by atoms with Crippen molar-refractivity contribution in [2.75, 3.05) is 7.11 Å². The molecule has 0 aliphatic rings. The van der Waals surface area contributed by atoms with Crippen molar-refractivity contribution in [1.29, 1.82) is 0 Å². The smallest absolute Gasteiger partial charge is 0.238 e. The van der Waals surface area contributed by atoms with Crippen LogP contribution in [0.2, 0.25) is 5.02 Å². The average Bonchev–Trinajstić information content (AvgIpc) is 3.05. The quantitative estimate of drug-likeness (QED) is 0.659. The van der Waals surface area contributed by atoms with E-state index >= 15 is 0 Å². The summed E-state index contributed by atoms with van der Waals surface area (Å²) in [5.41, 5.74) is 2.24. The minimum absolute atomic E-state index is 0.0198. The van der Waals surface area contributed by atoms with Gasteiger partial charge in [0, 0.05) is 17.5 Å². The molecule has 0 aliphatic heterocycles. The molecule has 0 spiro atoms. The molecule has 0 aliphatic carbocycles.